The summed E-state index contributed by atoms with van der Waals surface area (Å²) in [5.74, 6) is 2.68. The van der Waals surface area contributed by atoms with Gasteiger partial charge in [0.15, 0.2) is 0 Å². The Hall–Kier alpha value is 0.423. The first-order valence-corrected chi connectivity index (χ1v) is 9.89. The van der Waals surface area contributed by atoms with Gasteiger partial charge >= 0.3 is 123 Å². The summed E-state index contributed by atoms with van der Waals surface area (Å²) in [6.45, 7) is 4.95. The van der Waals surface area contributed by atoms with Gasteiger partial charge in [-0.15, -0.1) is 0 Å². The molecule has 4 atom stereocenters. The van der Waals surface area contributed by atoms with Crippen LogP contribution < -0.4 is 24.8 Å². The van der Waals surface area contributed by atoms with Crippen LogP contribution in [0.4, 0.5) is 0 Å². The minimum absolute atomic E-state index is 0. The Balaban J connectivity index is 0.000001000. The minimum atomic E-state index is -0.400. The maximum atomic E-state index is 2.50. The maximum absolute atomic E-state index is 2.50. The fourth-order valence-electron chi connectivity index (χ4n) is 3.64. The Kier molecular flexibility index (Phi) is 7.54. The molecule has 1 fully saturated rings. The molecule has 3 heteroatoms. The molecule has 0 nitrogen and oxygen atoms in total. The second-order valence-corrected chi connectivity index (χ2v) is 9.89. The molecule has 20 heavy (non-hydrogen) atoms. The van der Waals surface area contributed by atoms with Crippen molar-refractivity contribution in [2.24, 2.45) is 17.8 Å². The predicted octanol–water partition coefficient (Wildman–Crippen LogP) is -1.11. The molecule has 0 heterocycles. The Bertz CT molecular complexity index is 448. The summed E-state index contributed by atoms with van der Waals surface area (Å²) in [4.78, 5) is 0. The van der Waals surface area contributed by atoms with Gasteiger partial charge in [0.25, 0.3) is 0 Å². The Morgan fingerprint density at radius 1 is 1.00 bits per heavy atom. The molecule has 108 valence electrons. The number of allylic oxidation sites excluding steroid dienone is 8. The summed E-state index contributed by atoms with van der Waals surface area (Å²) in [6.07, 6.45) is 18.2. The summed E-state index contributed by atoms with van der Waals surface area (Å²) < 4.78 is 2.77. The Labute approximate surface area is 147 Å². The largest absolute Gasteiger partial charge is 1.00 e. The molecule has 0 amide bonds. The smallest absolute Gasteiger partial charge is 1.00 e. The van der Waals surface area contributed by atoms with E-state index in [2.05, 4.69) is 50.3 Å². The first kappa shape index (κ1) is 18.5. The van der Waals surface area contributed by atoms with Gasteiger partial charge in [0.05, 0.1) is 0 Å². The van der Waals surface area contributed by atoms with Crippen LogP contribution in [0.3, 0.4) is 0 Å². The minimum Gasteiger partial charge on any atom is -1.00 e. The molecule has 0 aromatic rings. The number of halogens is 2. The molecule has 0 aromatic heterocycles. The standard InChI is InChI=1S/C12H17.C5H5.2ClH.Zr/c1-9-7-11-6-4-3-5-10(2)12(11)8-9;1-2-4-5-3-1;;;/h3-4,6-7,9-10,12H,5,8H2,1-2H3;1-3H,4H2;2*1H;/q;;;;+2/p-2. The van der Waals surface area contributed by atoms with E-state index in [0.717, 1.165) is 21.4 Å². The first-order valence-electron chi connectivity index (χ1n) is 7.24. The van der Waals surface area contributed by atoms with Crippen molar-refractivity contribution in [1.29, 1.82) is 0 Å². The van der Waals surface area contributed by atoms with E-state index in [1.807, 2.05) is 5.57 Å². The monoisotopic (exact) mass is 386 g/mol. The summed E-state index contributed by atoms with van der Waals surface area (Å²) in [6, 6.07) is 0. The number of rotatable bonds is 2. The van der Waals surface area contributed by atoms with E-state index in [1.165, 1.54) is 19.3 Å². The van der Waals surface area contributed by atoms with Crippen molar-refractivity contribution in [3.63, 3.8) is 0 Å². The van der Waals surface area contributed by atoms with Crippen molar-refractivity contribution < 1.29 is 48.0 Å². The second-order valence-electron chi connectivity index (χ2n) is 6.07. The van der Waals surface area contributed by atoms with Crippen LogP contribution in [0.25, 0.3) is 0 Å². The third-order valence-electron chi connectivity index (χ3n) is 4.71. The molecular formula is C17H22Cl2Zr. The molecular weight excluding hydrogens is 366 g/mol. The van der Waals surface area contributed by atoms with Gasteiger partial charge in [-0.2, -0.15) is 0 Å². The molecule has 0 saturated heterocycles. The van der Waals surface area contributed by atoms with Gasteiger partial charge in [-0.3, -0.25) is 0 Å². The summed E-state index contributed by atoms with van der Waals surface area (Å²) in [5, 5.41) is 0. The van der Waals surface area contributed by atoms with Crippen LogP contribution in [0.2, 0.25) is 3.63 Å². The van der Waals surface area contributed by atoms with Crippen LogP contribution in [0.5, 0.6) is 0 Å². The van der Waals surface area contributed by atoms with Crippen LogP contribution in [0.1, 0.15) is 33.1 Å². The van der Waals surface area contributed by atoms with Gasteiger partial charge in [0.1, 0.15) is 0 Å². The van der Waals surface area contributed by atoms with Gasteiger partial charge in [-0.1, -0.05) is 0 Å². The van der Waals surface area contributed by atoms with Crippen molar-refractivity contribution in [3.05, 3.63) is 45.3 Å². The predicted molar refractivity (Wildman–Crippen MR) is 73.9 cm³/mol. The third kappa shape index (κ3) is 3.79. The summed E-state index contributed by atoms with van der Waals surface area (Å²) >= 11 is -0.400. The van der Waals surface area contributed by atoms with Crippen LogP contribution in [-0.4, -0.2) is 0 Å². The summed E-state index contributed by atoms with van der Waals surface area (Å²) in [5.41, 5.74) is 1.82. The van der Waals surface area contributed by atoms with E-state index in [9.17, 15) is 0 Å². The molecule has 1 saturated carbocycles. The van der Waals surface area contributed by atoms with E-state index in [-0.39, 0.29) is 24.8 Å². The normalized spacial score (nSPS) is 34.1. The van der Waals surface area contributed by atoms with E-state index >= 15 is 0 Å². The van der Waals surface area contributed by atoms with Gasteiger partial charge in [-0.25, -0.2) is 0 Å². The van der Waals surface area contributed by atoms with E-state index in [0.29, 0.717) is 0 Å². The van der Waals surface area contributed by atoms with E-state index in [4.69, 9.17) is 0 Å². The maximum Gasteiger partial charge on any atom is -1.00 e. The van der Waals surface area contributed by atoms with Crippen molar-refractivity contribution in [2.75, 3.05) is 0 Å². The fraction of sp³-hybridized carbons (Fsp3) is 0.529. The topological polar surface area (TPSA) is 0 Å². The van der Waals surface area contributed by atoms with Gasteiger partial charge < -0.3 is 24.8 Å². The summed E-state index contributed by atoms with van der Waals surface area (Å²) in [7, 11) is 0. The molecule has 3 aliphatic rings. The fourth-order valence-corrected chi connectivity index (χ4v) is 7.88. The van der Waals surface area contributed by atoms with Crippen LogP contribution in [-0.2, 0) is 23.2 Å². The van der Waals surface area contributed by atoms with Gasteiger partial charge in [-0.05, 0) is 0 Å². The molecule has 0 bridgehead atoms. The molecule has 0 aromatic carbocycles. The molecule has 3 rings (SSSR count). The van der Waals surface area contributed by atoms with Crippen molar-refractivity contribution >= 4 is 0 Å². The zero-order valence-corrected chi connectivity index (χ0v) is 16.1. The van der Waals surface area contributed by atoms with Crippen LogP contribution >= 0.6 is 0 Å². The molecule has 3 aliphatic carbocycles. The second kappa shape index (κ2) is 8.16. The SMILES string of the molecule is CC1CC=CC=C2C1CC(C)[CH]2[Zr+2][C]1=CC=CC1.[Cl-].[Cl-]. The van der Waals surface area contributed by atoms with Crippen molar-refractivity contribution in [1.82, 2.24) is 0 Å². The quantitative estimate of drug-likeness (QED) is 0.563. The third-order valence-corrected chi connectivity index (χ3v) is 9.52. The Morgan fingerprint density at radius 3 is 2.45 bits per heavy atom. The van der Waals surface area contributed by atoms with E-state index in [1.54, 1.807) is 3.28 Å². The molecule has 0 N–H and O–H groups in total. The van der Waals surface area contributed by atoms with Crippen molar-refractivity contribution in [3.8, 4) is 0 Å². The molecule has 0 aliphatic heterocycles. The number of hydrogen-bond acceptors (Lipinski definition) is 0. The van der Waals surface area contributed by atoms with Crippen molar-refractivity contribution in [2.45, 2.75) is 36.7 Å². The number of hydrogen-bond donors (Lipinski definition) is 0. The number of fused-ring (bicyclic) bond motifs is 1. The molecule has 4 unspecified atom stereocenters. The van der Waals surface area contributed by atoms with Crippen LogP contribution in [0, 0.1) is 17.8 Å². The van der Waals surface area contributed by atoms with Gasteiger partial charge in [0, 0.05) is 0 Å². The zero-order chi connectivity index (χ0) is 12.5. The molecule has 0 spiro atoms. The van der Waals surface area contributed by atoms with Crippen LogP contribution in [0.15, 0.2) is 45.3 Å². The zero-order valence-electron chi connectivity index (χ0n) is 12.2. The first-order chi connectivity index (χ1) is 8.75. The van der Waals surface area contributed by atoms with E-state index < -0.39 is 23.2 Å². The average molecular weight is 388 g/mol. The van der Waals surface area contributed by atoms with Gasteiger partial charge in [0.2, 0.25) is 0 Å². The average Bonchev–Trinajstić information content (AvgIpc) is 2.92. The Morgan fingerprint density at radius 2 is 1.75 bits per heavy atom. The molecule has 0 radical (unpaired) electrons.